The van der Waals surface area contributed by atoms with Crippen LogP contribution < -0.4 is 5.32 Å². The van der Waals surface area contributed by atoms with Crippen molar-refractivity contribution in [3.63, 3.8) is 0 Å². The highest BCUT2D eigenvalue weighted by atomic mass is 32.2. The first-order valence-corrected chi connectivity index (χ1v) is 8.21. The van der Waals surface area contributed by atoms with Crippen LogP contribution >= 0.6 is 11.8 Å². The zero-order valence-electron chi connectivity index (χ0n) is 13.0. The summed E-state index contributed by atoms with van der Waals surface area (Å²) in [6, 6.07) is 3.61. The third-order valence-corrected chi connectivity index (χ3v) is 3.92. The lowest BCUT2D eigenvalue weighted by Gasteiger charge is -2.07. The van der Waals surface area contributed by atoms with Gasteiger partial charge in [-0.05, 0) is 18.6 Å². The van der Waals surface area contributed by atoms with Crippen LogP contribution in [0.25, 0.3) is 11.6 Å². The number of carbonyl (C=O) groups is 1. The molecule has 8 heteroatoms. The van der Waals surface area contributed by atoms with Crippen LogP contribution in [-0.4, -0.2) is 46.7 Å². The highest BCUT2D eigenvalue weighted by Crippen LogP contribution is 2.24. The summed E-state index contributed by atoms with van der Waals surface area (Å²) in [4.78, 5) is 11.8. The first kappa shape index (κ1) is 17.3. The molecule has 2 aromatic heterocycles. The Morgan fingerprint density at radius 2 is 2.43 bits per heavy atom. The van der Waals surface area contributed by atoms with E-state index in [0.29, 0.717) is 36.4 Å². The molecule has 2 aromatic rings. The van der Waals surface area contributed by atoms with Gasteiger partial charge in [0.15, 0.2) is 10.9 Å². The number of amides is 1. The van der Waals surface area contributed by atoms with Gasteiger partial charge in [-0.1, -0.05) is 17.8 Å². The molecule has 7 nitrogen and oxygen atoms in total. The van der Waals surface area contributed by atoms with Crippen molar-refractivity contribution < 1.29 is 13.9 Å². The van der Waals surface area contributed by atoms with Crippen LogP contribution in [0.2, 0.25) is 0 Å². The Kier molecular flexibility index (Phi) is 6.89. The molecule has 2 heterocycles. The fraction of sp³-hybridized carbons (Fsp3) is 0.400. The van der Waals surface area contributed by atoms with E-state index in [0.717, 1.165) is 6.42 Å². The van der Waals surface area contributed by atoms with Crippen molar-refractivity contribution in [2.75, 3.05) is 26.0 Å². The van der Waals surface area contributed by atoms with E-state index < -0.39 is 0 Å². The molecule has 0 aliphatic heterocycles. The van der Waals surface area contributed by atoms with E-state index in [-0.39, 0.29) is 11.7 Å². The third kappa shape index (κ3) is 4.97. The number of hydrogen-bond donors (Lipinski definition) is 1. The molecule has 23 heavy (non-hydrogen) atoms. The summed E-state index contributed by atoms with van der Waals surface area (Å²) >= 11 is 1.33. The van der Waals surface area contributed by atoms with Crippen LogP contribution in [0.3, 0.4) is 0 Å². The van der Waals surface area contributed by atoms with E-state index in [1.165, 1.54) is 11.8 Å². The molecule has 2 rings (SSSR count). The van der Waals surface area contributed by atoms with Crippen LogP contribution in [0.1, 0.15) is 6.42 Å². The van der Waals surface area contributed by atoms with Gasteiger partial charge in [0.2, 0.25) is 11.7 Å². The van der Waals surface area contributed by atoms with Crippen LogP contribution in [0, 0.1) is 0 Å². The zero-order valence-corrected chi connectivity index (χ0v) is 13.8. The normalized spacial score (nSPS) is 10.7. The van der Waals surface area contributed by atoms with Crippen molar-refractivity contribution in [1.82, 2.24) is 20.1 Å². The number of furan rings is 1. The van der Waals surface area contributed by atoms with E-state index in [1.807, 2.05) is 10.6 Å². The van der Waals surface area contributed by atoms with Crippen molar-refractivity contribution >= 4 is 17.7 Å². The molecule has 0 saturated carbocycles. The summed E-state index contributed by atoms with van der Waals surface area (Å²) in [5.41, 5.74) is 0. The maximum Gasteiger partial charge on any atom is 0.230 e. The molecule has 1 N–H and O–H groups in total. The second-order valence-electron chi connectivity index (χ2n) is 4.67. The molecular weight excluding hydrogens is 316 g/mol. The average Bonchev–Trinajstić information content (AvgIpc) is 3.19. The van der Waals surface area contributed by atoms with E-state index in [2.05, 4.69) is 22.1 Å². The lowest BCUT2D eigenvalue weighted by Crippen LogP contribution is -2.27. The summed E-state index contributed by atoms with van der Waals surface area (Å²) in [7, 11) is 1.64. The minimum Gasteiger partial charge on any atom is -0.461 e. The van der Waals surface area contributed by atoms with E-state index in [9.17, 15) is 4.79 Å². The fourth-order valence-electron chi connectivity index (χ4n) is 1.90. The lowest BCUT2D eigenvalue weighted by atomic mass is 10.4. The number of methoxy groups -OCH3 is 1. The van der Waals surface area contributed by atoms with Crippen LogP contribution in [0.5, 0.6) is 0 Å². The number of aromatic nitrogens is 3. The molecule has 0 fully saturated rings. The van der Waals surface area contributed by atoms with Gasteiger partial charge in [-0.25, -0.2) is 0 Å². The zero-order chi connectivity index (χ0) is 16.5. The van der Waals surface area contributed by atoms with Crippen molar-refractivity contribution in [2.45, 2.75) is 18.1 Å². The molecule has 0 aromatic carbocycles. The quantitative estimate of drug-likeness (QED) is 0.406. The summed E-state index contributed by atoms with van der Waals surface area (Å²) in [6.45, 7) is 5.52. The molecular formula is C15H20N4O3S. The van der Waals surface area contributed by atoms with E-state index in [4.69, 9.17) is 9.15 Å². The number of thioether (sulfide) groups is 1. The van der Waals surface area contributed by atoms with Crippen molar-refractivity contribution in [3.05, 3.63) is 31.1 Å². The predicted molar refractivity (Wildman–Crippen MR) is 88.1 cm³/mol. The fourth-order valence-corrected chi connectivity index (χ4v) is 2.68. The molecule has 0 saturated heterocycles. The Bertz CT molecular complexity index is 625. The Labute approximate surface area is 139 Å². The summed E-state index contributed by atoms with van der Waals surface area (Å²) < 4.78 is 12.2. The van der Waals surface area contributed by atoms with E-state index in [1.54, 1.807) is 25.5 Å². The molecule has 0 atom stereocenters. The number of allylic oxidation sites excluding steroid dienone is 1. The second-order valence-corrected chi connectivity index (χ2v) is 5.61. The Morgan fingerprint density at radius 3 is 3.13 bits per heavy atom. The molecule has 0 aliphatic carbocycles. The van der Waals surface area contributed by atoms with Gasteiger partial charge in [-0.15, -0.1) is 16.8 Å². The number of ether oxygens (including phenoxy) is 1. The number of nitrogens with zero attached hydrogens (tertiary/aromatic N) is 3. The van der Waals surface area contributed by atoms with Crippen molar-refractivity contribution in [3.8, 4) is 11.6 Å². The highest BCUT2D eigenvalue weighted by Gasteiger charge is 2.16. The maximum atomic E-state index is 11.8. The van der Waals surface area contributed by atoms with Crippen LogP contribution in [0.4, 0.5) is 0 Å². The minimum atomic E-state index is -0.0428. The van der Waals surface area contributed by atoms with Gasteiger partial charge in [0.1, 0.15) is 0 Å². The van der Waals surface area contributed by atoms with Gasteiger partial charge < -0.3 is 14.5 Å². The SMILES string of the molecule is C=CCn1c(SCC(=O)NCCCOC)nnc1-c1ccco1. The second kappa shape index (κ2) is 9.16. The van der Waals surface area contributed by atoms with Crippen LogP contribution in [0.15, 0.2) is 40.6 Å². The Balaban J connectivity index is 1.94. The minimum absolute atomic E-state index is 0.0428. The van der Waals surface area contributed by atoms with E-state index >= 15 is 0 Å². The molecule has 0 aliphatic rings. The molecule has 0 radical (unpaired) electrons. The highest BCUT2D eigenvalue weighted by molar-refractivity contribution is 7.99. The average molecular weight is 336 g/mol. The Morgan fingerprint density at radius 1 is 1.57 bits per heavy atom. The topological polar surface area (TPSA) is 82.2 Å². The lowest BCUT2D eigenvalue weighted by molar-refractivity contribution is -0.118. The Hall–Kier alpha value is -2.06. The number of rotatable bonds is 10. The van der Waals surface area contributed by atoms with Crippen molar-refractivity contribution in [2.24, 2.45) is 0 Å². The third-order valence-electron chi connectivity index (χ3n) is 2.95. The number of hydrogen-bond acceptors (Lipinski definition) is 6. The van der Waals surface area contributed by atoms with Gasteiger partial charge >= 0.3 is 0 Å². The molecule has 0 spiro atoms. The van der Waals surface area contributed by atoms with Gasteiger partial charge in [0.25, 0.3) is 0 Å². The summed E-state index contributed by atoms with van der Waals surface area (Å²) in [5.74, 6) is 1.49. The standard InChI is InChI=1S/C15H20N4O3S/c1-3-8-19-14(12-6-4-10-22-12)17-18-15(19)23-11-13(20)16-7-5-9-21-2/h3-4,6,10H,1,5,7-9,11H2,2H3,(H,16,20). The number of nitrogens with one attached hydrogen (secondary N) is 1. The summed E-state index contributed by atoms with van der Waals surface area (Å²) in [6.07, 6.45) is 4.13. The number of carbonyl (C=O) groups excluding carboxylic acids is 1. The molecule has 0 bridgehead atoms. The predicted octanol–water partition coefficient (Wildman–Crippen LogP) is 1.97. The monoisotopic (exact) mass is 336 g/mol. The molecule has 0 unspecified atom stereocenters. The van der Waals surface area contributed by atoms with Gasteiger partial charge in [0.05, 0.1) is 12.0 Å². The molecule has 1 amide bonds. The first-order valence-electron chi connectivity index (χ1n) is 7.22. The largest absolute Gasteiger partial charge is 0.461 e. The first-order chi connectivity index (χ1) is 11.3. The maximum absolute atomic E-state index is 11.8. The van der Waals surface area contributed by atoms with Crippen molar-refractivity contribution in [1.29, 1.82) is 0 Å². The smallest absolute Gasteiger partial charge is 0.230 e. The van der Waals surface area contributed by atoms with Gasteiger partial charge in [-0.3, -0.25) is 9.36 Å². The van der Waals surface area contributed by atoms with Crippen LogP contribution in [-0.2, 0) is 16.1 Å². The summed E-state index contributed by atoms with van der Waals surface area (Å²) in [5, 5.41) is 11.8. The van der Waals surface area contributed by atoms with Gasteiger partial charge in [0, 0.05) is 26.8 Å². The van der Waals surface area contributed by atoms with Gasteiger partial charge in [-0.2, -0.15) is 0 Å². The molecule has 124 valence electrons.